The van der Waals surface area contributed by atoms with Crippen LogP contribution >= 0.6 is 0 Å². The van der Waals surface area contributed by atoms with E-state index in [0.29, 0.717) is 0 Å². The fourth-order valence-electron chi connectivity index (χ4n) is 2.72. The smallest absolute Gasteiger partial charge is 0.208 e. The monoisotopic (exact) mass is 316 g/mol. The van der Waals surface area contributed by atoms with Gasteiger partial charge in [-0.15, -0.1) is 0 Å². The summed E-state index contributed by atoms with van der Waals surface area (Å²) in [5.74, 6) is -1.40. The van der Waals surface area contributed by atoms with Crippen molar-refractivity contribution in [2.45, 2.75) is 12.5 Å². The number of carbonyl (C=O) groups excluding carboxylic acids is 1. The number of fused-ring (bicyclic) bond motifs is 1. The van der Waals surface area contributed by atoms with Crippen molar-refractivity contribution in [1.82, 2.24) is 0 Å². The van der Waals surface area contributed by atoms with Crippen LogP contribution in [0.2, 0.25) is 0 Å². The van der Waals surface area contributed by atoms with Crippen LogP contribution < -0.4 is 14.2 Å². The van der Waals surface area contributed by atoms with Crippen molar-refractivity contribution in [3.63, 3.8) is 0 Å². The molecule has 6 nitrogen and oxygen atoms in total. The molecule has 0 aromatic heterocycles. The van der Waals surface area contributed by atoms with Gasteiger partial charge in [0.05, 0.1) is 20.6 Å². The molecule has 0 bridgehead atoms. The first-order valence-electron chi connectivity index (χ1n) is 7.03. The predicted octanol–water partition coefficient (Wildman–Crippen LogP) is 2.82. The molecule has 23 heavy (non-hydrogen) atoms. The molecule has 0 saturated heterocycles. The topological polar surface area (TPSA) is 85.2 Å². The standard InChI is InChI=1S/C17H16O6/c1-21-16-13(19)12-10(18)8-11(9-6-4-3-5-7-9)23-15(12)17(22-2)14(16)20/h3-7,11,19-20H,8H2,1-2H3. The Morgan fingerprint density at radius 2 is 1.70 bits per heavy atom. The van der Waals surface area contributed by atoms with Gasteiger partial charge >= 0.3 is 0 Å². The molecule has 1 aliphatic rings. The van der Waals surface area contributed by atoms with E-state index in [1.807, 2.05) is 30.3 Å². The zero-order chi connectivity index (χ0) is 16.6. The Bertz CT molecular complexity index is 754. The van der Waals surface area contributed by atoms with E-state index in [2.05, 4.69) is 0 Å². The van der Waals surface area contributed by atoms with E-state index in [4.69, 9.17) is 14.2 Å². The zero-order valence-electron chi connectivity index (χ0n) is 12.7. The molecule has 0 saturated carbocycles. The fraction of sp³-hybridized carbons (Fsp3) is 0.235. The molecule has 0 aliphatic carbocycles. The van der Waals surface area contributed by atoms with Crippen LogP contribution in [0.25, 0.3) is 0 Å². The average molecular weight is 316 g/mol. The van der Waals surface area contributed by atoms with E-state index in [9.17, 15) is 15.0 Å². The van der Waals surface area contributed by atoms with Crippen molar-refractivity contribution in [3.05, 3.63) is 41.5 Å². The van der Waals surface area contributed by atoms with Gasteiger partial charge in [0.2, 0.25) is 17.2 Å². The Hall–Kier alpha value is -2.89. The second kappa shape index (κ2) is 5.72. The Balaban J connectivity index is 2.16. The van der Waals surface area contributed by atoms with Gasteiger partial charge in [0, 0.05) is 0 Å². The summed E-state index contributed by atoms with van der Waals surface area (Å²) in [5, 5.41) is 20.4. The molecular weight excluding hydrogens is 300 g/mol. The van der Waals surface area contributed by atoms with Gasteiger partial charge in [-0.3, -0.25) is 4.79 Å². The number of rotatable bonds is 3. The van der Waals surface area contributed by atoms with Crippen LogP contribution in [0, 0.1) is 0 Å². The van der Waals surface area contributed by atoms with E-state index < -0.39 is 17.6 Å². The molecule has 0 fully saturated rings. The minimum absolute atomic E-state index is 0.0217. The van der Waals surface area contributed by atoms with Gasteiger partial charge in [-0.25, -0.2) is 0 Å². The molecule has 120 valence electrons. The quantitative estimate of drug-likeness (QED) is 0.905. The molecule has 1 aliphatic heterocycles. The van der Waals surface area contributed by atoms with Crippen LogP contribution in [0.15, 0.2) is 30.3 Å². The van der Waals surface area contributed by atoms with Crippen molar-refractivity contribution in [2.75, 3.05) is 14.2 Å². The van der Waals surface area contributed by atoms with Crippen molar-refractivity contribution < 1.29 is 29.2 Å². The summed E-state index contributed by atoms with van der Waals surface area (Å²) in [6, 6.07) is 9.25. The number of benzene rings is 2. The third-order valence-corrected chi connectivity index (χ3v) is 3.80. The van der Waals surface area contributed by atoms with Crippen LogP contribution in [0.1, 0.15) is 28.4 Å². The van der Waals surface area contributed by atoms with E-state index >= 15 is 0 Å². The summed E-state index contributed by atoms with van der Waals surface area (Å²) in [6.07, 6.45) is -0.445. The number of Topliss-reactive ketones (excluding diaryl/α,β-unsaturated/α-hetero) is 1. The van der Waals surface area contributed by atoms with Crippen molar-refractivity contribution in [2.24, 2.45) is 0 Å². The number of ether oxygens (including phenoxy) is 3. The SMILES string of the molecule is COc1c(O)c(OC)c2c(c1O)C(=O)CC(c1ccccc1)O2. The Labute approximate surface area is 132 Å². The van der Waals surface area contributed by atoms with Gasteiger partial charge in [-0.1, -0.05) is 30.3 Å². The maximum Gasteiger partial charge on any atom is 0.208 e. The van der Waals surface area contributed by atoms with Crippen molar-refractivity contribution in [1.29, 1.82) is 0 Å². The molecule has 3 rings (SSSR count). The number of ketones is 1. The molecule has 2 aromatic carbocycles. The number of hydrogen-bond donors (Lipinski definition) is 2. The summed E-state index contributed by atoms with van der Waals surface area (Å²) in [7, 11) is 2.62. The van der Waals surface area contributed by atoms with Gasteiger partial charge in [-0.2, -0.15) is 0 Å². The van der Waals surface area contributed by atoms with Crippen LogP contribution in [0.5, 0.6) is 28.7 Å². The Morgan fingerprint density at radius 1 is 1.04 bits per heavy atom. The first-order chi connectivity index (χ1) is 11.1. The van der Waals surface area contributed by atoms with Gasteiger partial charge in [0.15, 0.2) is 17.3 Å². The van der Waals surface area contributed by atoms with Crippen LogP contribution in [0.3, 0.4) is 0 Å². The first-order valence-corrected chi connectivity index (χ1v) is 7.03. The number of phenols is 2. The molecule has 0 radical (unpaired) electrons. The molecular formula is C17H16O6. The van der Waals surface area contributed by atoms with Gasteiger partial charge in [0.1, 0.15) is 11.7 Å². The number of aromatic hydroxyl groups is 2. The van der Waals surface area contributed by atoms with E-state index in [1.54, 1.807) is 0 Å². The van der Waals surface area contributed by atoms with E-state index in [1.165, 1.54) is 14.2 Å². The van der Waals surface area contributed by atoms with Gasteiger partial charge in [0.25, 0.3) is 0 Å². The largest absolute Gasteiger partial charge is 0.504 e. The zero-order valence-corrected chi connectivity index (χ0v) is 12.7. The third-order valence-electron chi connectivity index (χ3n) is 3.80. The molecule has 0 amide bonds. The Morgan fingerprint density at radius 3 is 2.30 bits per heavy atom. The Kier molecular flexibility index (Phi) is 3.73. The summed E-state index contributed by atoms with van der Waals surface area (Å²) in [4.78, 5) is 12.5. The fourth-order valence-corrected chi connectivity index (χ4v) is 2.72. The summed E-state index contributed by atoms with van der Waals surface area (Å²) in [6.45, 7) is 0. The average Bonchev–Trinajstić information content (AvgIpc) is 2.56. The number of methoxy groups -OCH3 is 2. The molecule has 1 unspecified atom stereocenters. The molecule has 2 aromatic rings. The van der Waals surface area contributed by atoms with Crippen LogP contribution in [-0.2, 0) is 0 Å². The predicted molar refractivity (Wildman–Crippen MR) is 81.6 cm³/mol. The minimum Gasteiger partial charge on any atom is -0.504 e. The van der Waals surface area contributed by atoms with E-state index in [0.717, 1.165) is 5.56 Å². The number of phenolic OH excluding ortho intramolecular Hbond substituents is 2. The minimum atomic E-state index is -0.516. The highest BCUT2D eigenvalue weighted by Crippen LogP contribution is 2.55. The maximum absolute atomic E-state index is 12.5. The molecule has 1 heterocycles. The van der Waals surface area contributed by atoms with Gasteiger partial charge < -0.3 is 24.4 Å². The lowest BCUT2D eigenvalue weighted by molar-refractivity contribution is 0.0834. The number of carbonyl (C=O) groups is 1. The second-order valence-electron chi connectivity index (χ2n) is 5.11. The van der Waals surface area contributed by atoms with E-state index in [-0.39, 0.29) is 35.0 Å². The highest BCUT2D eigenvalue weighted by atomic mass is 16.5. The molecule has 1 atom stereocenters. The van der Waals surface area contributed by atoms with Crippen LogP contribution in [0.4, 0.5) is 0 Å². The number of hydrogen-bond acceptors (Lipinski definition) is 6. The molecule has 2 N–H and O–H groups in total. The van der Waals surface area contributed by atoms with Crippen molar-refractivity contribution >= 4 is 5.78 Å². The lowest BCUT2D eigenvalue weighted by Crippen LogP contribution is -2.21. The third kappa shape index (κ3) is 2.32. The van der Waals surface area contributed by atoms with Crippen LogP contribution in [-0.4, -0.2) is 30.2 Å². The highest BCUT2D eigenvalue weighted by molar-refractivity contribution is 6.05. The summed E-state index contributed by atoms with van der Waals surface area (Å²) < 4.78 is 16.0. The normalized spacial score (nSPS) is 16.4. The summed E-state index contributed by atoms with van der Waals surface area (Å²) >= 11 is 0. The molecule has 6 heteroatoms. The first kappa shape index (κ1) is 15.0. The van der Waals surface area contributed by atoms with Gasteiger partial charge in [-0.05, 0) is 5.56 Å². The highest BCUT2D eigenvalue weighted by Gasteiger charge is 2.37. The summed E-state index contributed by atoms with van der Waals surface area (Å²) in [5.41, 5.74) is 0.784. The second-order valence-corrected chi connectivity index (χ2v) is 5.11. The lowest BCUT2D eigenvalue weighted by Gasteiger charge is -2.28. The van der Waals surface area contributed by atoms with Crippen molar-refractivity contribution in [3.8, 4) is 28.7 Å². The maximum atomic E-state index is 12.5. The lowest BCUT2D eigenvalue weighted by atomic mass is 9.94. The molecule has 0 spiro atoms.